The molecule has 0 aliphatic rings. The monoisotopic (exact) mass is 385 g/mol. The molecule has 2 amide bonds. The van der Waals surface area contributed by atoms with Gasteiger partial charge in [0.05, 0.1) is 0 Å². The summed E-state index contributed by atoms with van der Waals surface area (Å²) in [6, 6.07) is 12.8. The molecule has 5 heteroatoms. The van der Waals surface area contributed by atoms with E-state index in [1.165, 1.54) is 11.1 Å². The van der Waals surface area contributed by atoms with Gasteiger partial charge in [-0.05, 0) is 61.8 Å². The van der Waals surface area contributed by atoms with Gasteiger partial charge in [-0.1, -0.05) is 36.4 Å². The maximum absolute atomic E-state index is 12.8. The van der Waals surface area contributed by atoms with Crippen molar-refractivity contribution >= 4 is 17.4 Å². The van der Waals surface area contributed by atoms with Crippen LogP contribution in [0.2, 0.25) is 0 Å². The lowest BCUT2D eigenvalue weighted by Gasteiger charge is -2.32. The van der Waals surface area contributed by atoms with E-state index < -0.39 is 0 Å². The Bertz CT molecular complexity index is 685. The SMILES string of the molecule is C=CCN(CC(Cc1ccccc1)N(C)C)C(=O)NC(C)Cc1ccsc1. The third-order valence-corrected chi connectivity index (χ3v) is 5.34. The molecule has 2 unspecified atom stereocenters. The summed E-state index contributed by atoms with van der Waals surface area (Å²) in [6.45, 7) is 7.07. The van der Waals surface area contributed by atoms with E-state index in [2.05, 4.69) is 78.9 Å². The Labute approximate surface area is 167 Å². The molecule has 146 valence electrons. The average molecular weight is 386 g/mol. The van der Waals surface area contributed by atoms with Crippen molar-refractivity contribution in [3.05, 3.63) is 70.9 Å². The molecule has 1 N–H and O–H groups in total. The molecule has 0 aliphatic heterocycles. The van der Waals surface area contributed by atoms with E-state index in [-0.39, 0.29) is 18.1 Å². The summed E-state index contributed by atoms with van der Waals surface area (Å²) in [5.74, 6) is 0. The summed E-state index contributed by atoms with van der Waals surface area (Å²) in [5.41, 5.74) is 2.54. The van der Waals surface area contributed by atoms with Gasteiger partial charge in [0.25, 0.3) is 0 Å². The maximum Gasteiger partial charge on any atom is 0.317 e. The third kappa shape index (κ3) is 7.19. The maximum atomic E-state index is 12.8. The molecule has 2 rings (SSSR count). The summed E-state index contributed by atoms with van der Waals surface area (Å²) in [5, 5.41) is 7.34. The number of thiophene rings is 1. The van der Waals surface area contributed by atoms with Crippen molar-refractivity contribution in [2.45, 2.75) is 31.8 Å². The number of amides is 2. The number of rotatable bonds is 10. The number of carbonyl (C=O) groups excluding carboxylic acids is 1. The normalized spacial score (nSPS) is 13.2. The number of likely N-dealkylation sites (N-methyl/N-ethyl adjacent to an activating group) is 1. The Balaban J connectivity index is 1.98. The largest absolute Gasteiger partial charge is 0.335 e. The zero-order valence-electron chi connectivity index (χ0n) is 16.6. The van der Waals surface area contributed by atoms with Crippen LogP contribution in [0, 0.1) is 0 Å². The molecular formula is C22H31N3OS. The highest BCUT2D eigenvalue weighted by Gasteiger charge is 2.21. The van der Waals surface area contributed by atoms with E-state index in [0.29, 0.717) is 13.1 Å². The topological polar surface area (TPSA) is 35.6 Å². The molecule has 4 nitrogen and oxygen atoms in total. The molecule has 0 saturated heterocycles. The summed E-state index contributed by atoms with van der Waals surface area (Å²) < 4.78 is 0. The fraction of sp³-hybridized carbons (Fsp3) is 0.409. The first-order valence-corrected chi connectivity index (χ1v) is 10.3. The van der Waals surface area contributed by atoms with Gasteiger partial charge in [-0.15, -0.1) is 6.58 Å². The highest BCUT2D eigenvalue weighted by atomic mass is 32.1. The molecule has 0 fully saturated rings. The van der Waals surface area contributed by atoms with Crippen molar-refractivity contribution in [1.29, 1.82) is 0 Å². The van der Waals surface area contributed by atoms with Gasteiger partial charge >= 0.3 is 6.03 Å². The molecular weight excluding hydrogens is 354 g/mol. The number of nitrogens with zero attached hydrogens (tertiary/aromatic N) is 2. The number of carbonyl (C=O) groups is 1. The van der Waals surface area contributed by atoms with Crippen molar-refractivity contribution in [2.75, 3.05) is 27.2 Å². The van der Waals surface area contributed by atoms with E-state index in [0.717, 1.165) is 12.8 Å². The summed E-state index contributed by atoms with van der Waals surface area (Å²) in [7, 11) is 4.13. The Kier molecular flexibility index (Phi) is 8.55. The van der Waals surface area contributed by atoms with Crippen molar-refractivity contribution in [3.63, 3.8) is 0 Å². The van der Waals surface area contributed by atoms with Crippen LogP contribution in [-0.2, 0) is 12.8 Å². The second-order valence-electron chi connectivity index (χ2n) is 7.19. The van der Waals surface area contributed by atoms with Crippen molar-refractivity contribution in [2.24, 2.45) is 0 Å². The molecule has 0 aliphatic carbocycles. The van der Waals surface area contributed by atoms with Crippen LogP contribution in [-0.4, -0.2) is 55.1 Å². The van der Waals surface area contributed by atoms with Gasteiger partial charge in [-0.2, -0.15) is 11.3 Å². The number of hydrogen-bond donors (Lipinski definition) is 1. The van der Waals surface area contributed by atoms with Crippen LogP contribution in [0.3, 0.4) is 0 Å². The number of hydrogen-bond acceptors (Lipinski definition) is 3. The fourth-order valence-corrected chi connectivity index (χ4v) is 3.74. The molecule has 0 spiro atoms. The standard InChI is InChI=1S/C22H31N3OS/c1-5-12-25(22(26)23-18(2)14-20-11-13-27-17-20)16-21(24(3)4)15-19-9-7-6-8-10-19/h5-11,13,17-18,21H,1,12,14-16H2,2-4H3,(H,23,26). The predicted molar refractivity (Wildman–Crippen MR) is 115 cm³/mol. The van der Waals surface area contributed by atoms with E-state index in [1.54, 1.807) is 17.4 Å². The smallest absolute Gasteiger partial charge is 0.317 e. The second kappa shape index (κ2) is 10.9. The summed E-state index contributed by atoms with van der Waals surface area (Å²) in [6.07, 6.45) is 3.54. The van der Waals surface area contributed by atoms with Crippen molar-refractivity contribution < 1.29 is 4.79 Å². The first-order chi connectivity index (χ1) is 13.0. The highest BCUT2D eigenvalue weighted by molar-refractivity contribution is 7.07. The first kappa shape index (κ1) is 21.2. The van der Waals surface area contributed by atoms with Crippen LogP contribution < -0.4 is 5.32 Å². The second-order valence-corrected chi connectivity index (χ2v) is 7.97. The minimum Gasteiger partial charge on any atom is -0.335 e. The number of nitrogens with one attached hydrogen (secondary N) is 1. The van der Waals surface area contributed by atoms with E-state index in [9.17, 15) is 4.79 Å². The molecule has 2 aromatic rings. The Hall–Kier alpha value is -2.11. The van der Waals surface area contributed by atoms with Crippen LogP contribution in [0.5, 0.6) is 0 Å². The Morgan fingerprint density at radius 1 is 1.19 bits per heavy atom. The zero-order valence-corrected chi connectivity index (χ0v) is 17.4. The third-order valence-electron chi connectivity index (χ3n) is 4.60. The first-order valence-electron chi connectivity index (χ1n) is 9.37. The molecule has 27 heavy (non-hydrogen) atoms. The van der Waals surface area contributed by atoms with Gasteiger partial charge in [-0.3, -0.25) is 0 Å². The van der Waals surface area contributed by atoms with Gasteiger partial charge in [0.1, 0.15) is 0 Å². The average Bonchev–Trinajstić information content (AvgIpc) is 3.14. The van der Waals surface area contributed by atoms with Gasteiger partial charge in [0, 0.05) is 25.2 Å². The van der Waals surface area contributed by atoms with Gasteiger partial charge < -0.3 is 15.1 Å². The van der Waals surface area contributed by atoms with Crippen LogP contribution >= 0.6 is 11.3 Å². The Morgan fingerprint density at radius 3 is 2.52 bits per heavy atom. The molecule has 0 radical (unpaired) electrons. The lowest BCUT2D eigenvalue weighted by molar-refractivity contribution is 0.174. The minimum absolute atomic E-state index is 0.0301. The molecule has 2 atom stereocenters. The number of urea groups is 1. The van der Waals surface area contributed by atoms with Gasteiger partial charge in [0.2, 0.25) is 0 Å². The molecule has 1 aromatic heterocycles. The Morgan fingerprint density at radius 2 is 1.93 bits per heavy atom. The van der Waals surface area contributed by atoms with E-state index in [4.69, 9.17) is 0 Å². The van der Waals surface area contributed by atoms with Crippen LogP contribution in [0.15, 0.2) is 59.8 Å². The lowest BCUT2D eigenvalue weighted by Crippen LogP contribution is -2.50. The van der Waals surface area contributed by atoms with Crippen LogP contribution in [0.25, 0.3) is 0 Å². The molecule has 0 saturated carbocycles. The van der Waals surface area contributed by atoms with Crippen LogP contribution in [0.4, 0.5) is 4.79 Å². The number of benzene rings is 1. The van der Waals surface area contributed by atoms with Crippen molar-refractivity contribution in [3.8, 4) is 0 Å². The predicted octanol–water partition coefficient (Wildman–Crippen LogP) is 4.05. The summed E-state index contributed by atoms with van der Waals surface area (Å²) >= 11 is 1.69. The lowest BCUT2D eigenvalue weighted by atomic mass is 10.0. The highest BCUT2D eigenvalue weighted by Crippen LogP contribution is 2.11. The fourth-order valence-electron chi connectivity index (χ4n) is 3.06. The molecule has 1 heterocycles. The summed E-state index contributed by atoms with van der Waals surface area (Å²) in [4.78, 5) is 16.9. The van der Waals surface area contributed by atoms with Crippen LogP contribution in [0.1, 0.15) is 18.1 Å². The molecule has 0 bridgehead atoms. The van der Waals surface area contributed by atoms with Gasteiger partial charge in [0.15, 0.2) is 0 Å². The van der Waals surface area contributed by atoms with E-state index in [1.807, 2.05) is 11.0 Å². The van der Waals surface area contributed by atoms with Crippen molar-refractivity contribution in [1.82, 2.24) is 15.1 Å². The quantitative estimate of drug-likeness (QED) is 0.626. The minimum atomic E-state index is -0.0301. The zero-order chi connectivity index (χ0) is 19.6. The van der Waals surface area contributed by atoms with E-state index >= 15 is 0 Å². The van der Waals surface area contributed by atoms with Gasteiger partial charge in [-0.25, -0.2) is 4.79 Å². The molecule has 1 aromatic carbocycles.